The molecule has 4 rings (SSSR count). The molecular formula is C32H38ClN3O6S. The van der Waals surface area contributed by atoms with Gasteiger partial charge in [-0.3, -0.25) is 13.9 Å². The molecule has 0 aromatic heterocycles. The highest BCUT2D eigenvalue weighted by molar-refractivity contribution is 7.92. The molecule has 3 aromatic carbocycles. The van der Waals surface area contributed by atoms with Crippen molar-refractivity contribution in [3.63, 3.8) is 0 Å². The van der Waals surface area contributed by atoms with Gasteiger partial charge in [0, 0.05) is 23.7 Å². The zero-order valence-electron chi connectivity index (χ0n) is 24.7. The average Bonchev–Trinajstić information content (AvgIpc) is 3.03. The summed E-state index contributed by atoms with van der Waals surface area (Å²) in [7, 11) is -1.37. The molecule has 2 amide bonds. The normalized spacial score (nSPS) is 14.4. The molecule has 0 spiro atoms. The number of nitrogens with one attached hydrogen (secondary N) is 1. The molecule has 0 radical (unpaired) electrons. The van der Waals surface area contributed by atoms with Crippen LogP contribution >= 0.6 is 11.6 Å². The minimum absolute atomic E-state index is 0.0000132. The molecule has 1 aliphatic rings. The Hall–Kier alpha value is -3.76. The topological polar surface area (TPSA) is 105 Å². The Balaban J connectivity index is 1.73. The number of hydrogen-bond acceptors (Lipinski definition) is 6. The van der Waals surface area contributed by atoms with Crippen molar-refractivity contribution in [1.82, 2.24) is 10.2 Å². The Labute approximate surface area is 258 Å². The second kappa shape index (κ2) is 14.6. The van der Waals surface area contributed by atoms with Crippen molar-refractivity contribution in [2.45, 2.75) is 62.6 Å². The molecule has 0 heterocycles. The van der Waals surface area contributed by atoms with E-state index in [0.717, 1.165) is 42.0 Å². The number of carbonyl (C=O) groups is 2. The van der Waals surface area contributed by atoms with Gasteiger partial charge in [0.15, 0.2) is 0 Å². The summed E-state index contributed by atoms with van der Waals surface area (Å²) in [5, 5.41) is 3.64. The predicted molar refractivity (Wildman–Crippen MR) is 167 cm³/mol. The molecule has 9 nitrogen and oxygen atoms in total. The number of carbonyl (C=O) groups excluding carboxylic acids is 2. The highest BCUT2D eigenvalue weighted by atomic mass is 35.5. The van der Waals surface area contributed by atoms with Crippen molar-refractivity contribution in [2.75, 3.05) is 25.1 Å². The summed E-state index contributed by atoms with van der Waals surface area (Å²) in [4.78, 5) is 29.1. The number of amides is 2. The zero-order valence-corrected chi connectivity index (χ0v) is 26.2. The van der Waals surface area contributed by atoms with E-state index >= 15 is 0 Å². The summed E-state index contributed by atoms with van der Waals surface area (Å²) in [6.07, 6.45) is 5.01. The van der Waals surface area contributed by atoms with Gasteiger partial charge in [0.25, 0.3) is 10.0 Å². The monoisotopic (exact) mass is 627 g/mol. The first kappa shape index (κ1) is 32.2. The number of rotatable bonds is 12. The van der Waals surface area contributed by atoms with Crippen molar-refractivity contribution < 1.29 is 27.5 Å². The van der Waals surface area contributed by atoms with Gasteiger partial charge in [-0.15, -0.1) is 0 Å². The van der Waals surface area contributed by atoms with Crippen LogP contribution in [0.2, 0.25) is 5.02 Å². The summed E-state index contributed by atoms with van der Waals surface area (Å²) < 4.78 is 40.1. The highest BCUT2D eigenvalue weighted by Gasteiger charge is 2.34. The molecule has 1 saturated carbocycles. The van der Waals surface area contributed by atoms with E-state index < -0.39 is 28.5 Å². The van der Waals surface area contributed by atoms with Crippen LogP contribution in [0.4, 0.5) is 5.69 Å². The van der Waals surface area contributed by atoms with Gasteiger partial charge in [0.2, 0.25) is 11.8 Å². The van der Waals surface area contributed by atoms with Crippen LogP contribution in [0.3, 0.4) is 0 Å². The predicted octanol–water partition coefficient (Wildman–Crippen LogP) is 5.42. The van der Waals surface area contributed by atoms with Crippen LogP contribution in [0.1, 0.15) is 44.6 Å². The summed E-state index contributed by atoms with van der Waals surface area (Å²) in [5.74, 6) is -0.230. The first-order chi connectivity index (χ1) is 20.6. The van der Waals surface area contributed by atoms with Crippen LogP contribution in [-0.4, -0.2) is 58.0 Å². The number of halogens is 1. The Morgan fingerprint density at radius 2 is 1.63 bits per heavy atom. The van der Waals surface area contributed by atoms with Crippen molar-refractivity contribution in [2.24, 2.45) is 0 Å². The minimum Gasteiger partial charge on any atom is -0.497 e. The van der Waals surface area contributed by atoms with E-state index in [4.69, 9.17) is 21.1 Å². The SMILES string of the molecule is COc1ccc(OC)c(N(CC(=O)N(Cc2ccc(Cl)cc2)[C@@H](C)C(=O)NC2CCCCC2)S(=O)(=O)c2ccccc2)c1. The van der Waals surface area contributed by atoms with Crippen molar-refractivity contribution in [1.29, 1.82) is 0 Å². The number of methoxy groups -OCH3 is 2. The summed E-state index contributed by atoms with van der Waals surface area (Å²) in [6.45, 7) is 1.15. The third kappa shape index (κ3) is 8.00. The third-order valence-electron chi connectivity index (χ3n) is 7.65. The number of benzene rings is 3. The minimum atomic E-state index is -4.26. The number of anilines is 1. The molecular weight excluding hydrogens is 590 g/mol. The molecule has 1 atom stereocenters. The summed E-state index contributed by atoms with van der Waals surface area (Å²) >= 11 is 6.09. The second-order valence-corrected chi connectivity index (χ2v) is 12.8. The van der Waals surface area contributed by atoms with Crippen LogP contribution in [-0.2, 0) is 26.2 Å². The maximum absolute atomic E-state index is 14.2. The number of nitrogens with zero attached hydrogens (tertiary/aromatic N) is 2. The van der Waals surface area contributed by atoms with E-state index in [0.29, 0.717) is 10.8 Å². The zero-order chi connectivity index (χ0) is 31.0. The van der Waals surface area contributed by atoms with E-state index in [-0.39, 0.29) is 34.8 Å². The van der Waals surface area contributed by atoms with Crippen molar-refractivity contribution in [3.8, 4) is 11.5 Å². The average molecular weight is 628 g/mol. The molecule has 43 heavy (non-hydrogen) atoms. The maximum atomic E-state index is 14.2. The highest BCUT2D eigenvalue weighted by Crippen LogP contribution is 2.36. The Morgan fingerprint density at radius 1 is 0.953 bits per heavy atom. The van der Waals surface area contributed by atoms with Crippen LogP contribution in [0.5, 0.6) is 11.5 Å². The lowest BCUT2D eigenvalue weighted by Gasteiger charge is -2.33. The second-order valence-electron chi connectivity index (χ2n) is 10.5. The molecule has 1 fully saturated rings. The Morgan fingerprint density at radius 3 is 2.26 bits per heavy atom. The van der Waals surface area contributed by atoms with E-state index in [2.05, 4.69) is 5.32 Å². The Kier molecular flexibility index (Phi) is 10.9. The van der Waals surface area contributed by atoms with Gasteiger partial charge in [0.05, 0.1) is 24.8 Å². The first-order valence-electron chi connectivity index (χ1n) is 14.3. The van der Waals surface area contributed by atoms with E-state index in [1.807, 2.05) is 0 Å². The van der Waals surface area contributed by atoms with Gasteiger partial charge in [-0.05, 0) is 61.7 Å². The summed E-state index contributed by atoms with van der Waals surface area (Å²) in [6, 6.07) is 18.7. The fraction of sp³-hybridized carbons (Fsp3) is 0.375. The molecule has 0 saturated heterocycles. The van der Waals surface area contributed by atoms with Gasteiger partial charge in [0.1, 0.15) is 24.1 Å². The van der Waals surface area contributed by atoms with E-state index in [9.17, 15) is 18.0 Å². The fourth-order valence-electron chi connectivity index (χ4n) is 5.16. The van der Waals surface area contributed by atoms with Crippen LogP contribution in [0.15, 0.2) is 77.7 Å². The molecule has 0 aliphatic heterocycles. The lowest BCUT2D eigenvalue weighted by atomic mass is 9.95. The van der Waals surface area contributed by atoms with Gasteiger partial charge in [-0.1, -0.05) is 61.2 Å². The van der Waals surface area contributed by atoms with Gasteiger partial charge in [-0.2, -0.15) is 0 Å². The molecule has 1 N–H and O–H groups in total. The lowest BCUT2D eigenvalue weighted by Crippen LogP contribution is -2.53. The lowest BCUT2D eigenvalue weighted by molar-refractivity contribution is -0.139. The largest absolute Gasteiger partial charge is 0.497 e. The van der Waals surface area contributed by atoms with Crippen LogP contribution in [0, 0.1) is 0 Å². The van der Waals surface area contributed by atoms with Gasteiger partial charge >= 0.3 is 0 Å². The number of ether oxygens (including phenoxy) is 2. The number of hydrogen-bond donors (Lipinski definition) is 1. The van der Waals surface area contributed by atoms with E-state index in [1.54, 1.807) is 61.5 Å². The van der Waals surface area contributed by atoms with Gasteiger partial charge < -0.3 is 19.7 Å². The van der Waals surface area contributed by atoms with Crippen molar-refractivity contribution in [3.05, 3.63) is 83.4 Å². The molecule has 1 aliphatic carbocycles. The smallest absolute Gasteiger partial charge is 0.264 e. The summed E-state index contributed by atoms with van der Waals surface area (Å²) in [5.41, 5.74) is 0.872. The third-order valence-corrected chi connectivity index (χ3v) is 9.68. The van der Waals surface area contributed by atoms with Crippen LogP contribution < -0.4 is 19.1 Å². The number of sulfonamides is 1. The Bertz CT molecular complexity index is 1500. The standard InChI is InChI=1S/C32H38ClN3O6S/c1-23(32(38)34-26-10-6-4-7-11-26)35(21-24-14-16-25(33)17-15-24)31(37)22-36(43(39,40)28-12-8-5-9-13-28)29-20-27(41-2)18-19-30(29)42-3/h5,8-9,12-20,23,26H,4,6-7,10-11,21-22H2,1-3H3,(H,34,38)/t23-/m0/s1. The van der Waals surface area contributed by atoms with Crippen LogP contribution in [0.25, 0.3) is 0 Å². The van der Waals surface area contributed by atoms with E-state index in [1.165, 1.54) is 37.3 Å². The fourth-order valence-corrected chi connectivity index (χ4v) is 6.73. The molecule has 0 unspecified atom stereocenters. The van der Waals surface area contributed by atoms with Gasteiger partial charge in [-0.25, -0.2) is 8.42 Å². The molecule has 11 heteroatoms. The molecule has 3 aromatic rings. The molecule has 0 bridgehead atoms. The molecule has 230 valence electrons. The quantitative estimate of drug-likeness (QED) is 0.288. The first-order valence-corrected chi connectivity index (χ1v) is 16.1. The van der Waals surface area contributed by atoms with Crippen molar-refractivity contribution >= 4 is 39.1 Å². The maximum Gasteiger partial charge on any atom is 0.264 e.